The van der Waals surface area contributed by atoms with Crippen molar-refractivity contribution >= 4 is 22.6 Å². The van der Waals surface area contributed by atoms with Crippen LogP contribution < -0.4 is 4.90 Å². The van der Waals surface area contributed by atoms with Crippen LogP contribution in [0.1, 0.15) is 12.0 Å². The Kier molecular flexibility index (Phi) is 3.62. The van der Waals surface area contributed by atoms with Crippen LogP contribution >= 0.6 is 11.8 Å². The first-order valence-electron chi connectivity index (χ1n) is 7.77. The largest absolute Gasteiger partial charge is 0.346 e. The predicted octanol–water partition coefficient (Wildman–Crippen LogP) is 3.00. The van der Waals surface area contributed by atoms with E-state index in [1.54, 1.807) is 23.9 Å². The van der Waals surface area contributed by atoms with Crippen molar-refractivity contribution < 1.29 is 14.1 Å². The minimum absolute atomic E-state index is 0.285. The van der Waals surface area contributed by atoms with Gasteiger partial charge in [0.1, 0.15) is 11.5 Å². The third-order valence-electron chi connectivity index (χ3n) is 4.42. The summed E-state index contributed by atoms with van der Waals surface area (Å²) in [5.41, 5.74) is 0.684. The van der Waals surface area contributed by atoms with E-state index in [-0.39, 0.29) is 5.82 Å². The third kappa shape index (κ3) is 2.44. The normalized spacial score (nSPS) is 24.0. The van der Waals surface area contributed by atoms with E-state index in [1.807, 2.05) is 18.2 Å². The molecule has 0 bridgehead atoms. The lowest BCUT2D eigenvalue weighted by molar-refractivity contribution is -0.656. The second kappa shape index (κ2) is 5.65. The summed E-state index contributed by atoms with van der Waals surface area (Å²) in [7, 11) is 0. The van der Waals surface area contributed by atoms with Crippen molar-refractivity contribution in [3.05, 3.63) is 66.0 Å². The van der Waals surface area contributed by atoms with Gasteiger partial charge >= 0.3 is 5.17 Å². The fourth-order valence-corrected chi connectivity index (χ4v) is 4.45. The number of halogens is 1. The molecule has 0 aliphatic carbocycles. The second-order valence-corrected chi connectivity index (χ2v) is 6.94. The van der Waals surface area contributed by atoms with Gasteiger partial charge in [-0.1, -0.05) is 18.2 Å². The zero-order valence-electron chi connectivity index (χ0n) is 12.7. The molecule has 3 nitrogen and oxygen atoms in total. The minimum atomic E-state index is -1.12. The Morgan fingerprint density at radius 2 is 1.83 bits per heavy atom. The monoisotopic (exact) mass is 329 g/mol. The quantitative estimate of drug-likeness (QED) is 0.858. The molecular weight excluding hydrogens is 311 g/mol. The van der Waals surface area contributed by atoms with Crippen molar-refractivity contribution in [2.24, 2.45) is 0 Å². The Morgan fingerprint density at radius 3 is 2.57 bits per heavy atom. The van der Waals surface area contributed by atoms with Gasteiger partial charge in [0.25, 0.3) is 5.72 Å². The summed E-state index contributed by atoms with van der Waals surface area (Å²) < 4.78 is 15.3. The highest BCUT2D eigenvalue weighted by molar-refractivity contribution is 8.13. The smallest absolute Gasteiger partial charge is 0.316 e. The van der Waals surface area contributed by atoms with Gasteiger partial charge in [0.05, 0.1) is 6.54 Å². The second-order valence-electron chi connectivity index (χ2n) is 5.88. The molecule has 1 atom stereocenters. The van der Waals surface area contributed by atoms with Crippen LogP contribution in [-0.4, -0.2) is 33.7 Å². The van der Waals surface area contributed by atoms with Gasteiger partial charge < -0.3 is 5.11 Å². The maximum absolute atomic E-state index is 13.3. The van der Waals surface area contributed by atoms with Crippen LogP contribution in [0.3, 0.4) is 0 Å². The Bertz CT molecular complexity index is 747. The summed E-state index contributed by atoms with van der Waals surface area (Å²) in [6.07, 6.45) is 1.03. The number of para-hydroxylation sites is 1. The van der Waals surface area contributed by atoms with Crippen LogP contribution in [0.2, 0.25) is 0 Å². The van der Waals surface area contributed by atoms with Crippen LogP contribution in [0.15, 0.2) is 54.6 Å². The number of hydrogen-bond acceptors (Lipinski definition) is 3. The molecule has 0 amide bonds. The summed E-state index contributed by atoms with van der Waals surface area (Å²) >= 11 is 1.77. The van der Waals surface area contributed by atoms with E-state index in [2.05, 4.69) is 21.6 Å². The molecule has 0 saturated heterocycles. The highest BCUT2D eigenvalue weighted by atomic mass is 32.2. The maximum Gasteiger partial charge on any atom is 0.316 e. The van der Waals surface area contributed by atoms with Crippen LogP contribution in [-0.2, 0) is 5.72 Å². The number of nitrogens with zero attached hydrogens (tertiary/aromatic N) is 2. The van der Waals surface area contributed by atoms with Gasteiger partial charge in [-0.3, -0.25) is 0 Å². The number of aliphatic hydroxyl groups is 1. The fourth-order valence-electron chi connectivity index (χ4n) is 3.27. The topological polar surface area (TPSA) is 26.5 Å². The van der Waals surface area contributed by atoms with E-state index in [0.29, 0.717) is 6.54 Å². The molecule has 0 saturated carbocycles. The van der Waals surface area contributed by atoms with Gasteiger partial charge in [-0.05, 0) is 54.6 Å². The molecular formula is C18H18FN2OS+. The molecule has 23 heavy (non-hydrogen) atoms. The predicted molar refractivity (Wildman–Crippen MR) is 91.3 cm³/mol. The maximum atomic E-state index is 13.3. The Balaban J connectivity index is 1.80. The zero-order chi connectivity index (χ0) is 15.9. The Hall–Kier alpha value is -1.85. The van der Waals surface area contributed by atoms with E-state index >= 15 is 0 Å². The summed E-state index contributed by atoms with van der Waals surface area (Å²) in [4.78, 5) is 2.16. The minimum Gasteiger partial charge on any atom is -0.346 e. The van der Waals surface area contributed by atoms with Crippen molar-refractivity contribution in [2.45, 2.75) is 12.1 Å². The van der Waals surface area contributed by atoms with E-state index in [9.17, 15) is 9.50 Å². The molecule has 0 fully saturated rings. The van der Waals surface area contributed by atoms with Crippen molar-refractivity contribution in [3.8, 4) is 0 Å². The number of rotatable bonds is 2. The molecule has 2 aliphatic rings. The first kappa shape index (κ1) is 14.7. The van der Waals surface area contributed by atoms with Gasteiger partial charge in [0.15, 0.2) is 6.54 Å². The molecule has 2 heterocycles. The van der Waals surface area contributed by atoms with E-state index in [4.69, 9.17) is 0 Å². The van der Waals surface area contributed by atoms with Crippen LogP contribution in [0, 0.1) is 5.82 Å². The molecule has 0 aromatic heterocycles. The van der Waals surface area contributed by atoms with Crippen LogP contribution in [0.4, 0.5) is 10.1 Å². The Morgan fingerprint density at radius 1 is 1.09 bits per heavy atom. The standard InChI is InChI=1S/C18H18FN2OS/c19-15-9-7-14(8-10-15)18(22)13-20(16-5-2-1-3-6-16)17-21(18)11-4-12-23-17/h1-3,5-10,22H,4,11-13H2/q+1. The molecule has 2 aromatic carbocycles. The van der Waals surface area contributed by atoms with E-state index < -0.39 is 5.72 Å². The Labute approximate surface area is 139 Å². The summed E-state index contributed by atoms with van der Waals surface area (Å²) in [5, 5.41) is 12.5. The lowest BCUT2D eigenvalue weighted by Gasteiger charge is -2.24. The molecule has 1 N–H and O–H groups in total. The van der Waals surface area contributed by atoms with Gasteiger partial charge in [-0.2, -0.15) is 0 Å². The first-order valence-corrected chi connectivity index (χ1v) is 8.75. The summed E-state index contributed by atoms with van der Waals surface area (Å²) in [6, 6.07) is 16.3. The highest BCUT2D eigenvalue weighted by Gasteiger charge is 2.53. The molecule has 2 aliphatic heterocycles. The number of anilines is 1. The van der Waals surface area contributed by atoms with Gasteiger partial charge in [0, 0.05) is 11.3 Å². The molecule has 1 unspecified atom stereocenters. The molecule has 118 valence electrons. The lowest BCUT2D eigenvalue weighted by atomic mass is 10.0. The van der Waals surface area contributed by atoms with Crippen molar-refractivity contribution in [1.82, 2.24) is 0 Å². The van der Waals surface area contributed by atoms with Gasteiger partial charge in [-0.25, -0.2) is 13.9 Å². The van der Waals surface area contributed by atoms with Crippen LogP contribution in [0.25, 0.3) is 0 Å². The SMILES string of the molecule is OC1(c2ccc(F)cc2)CN(c2ccccc2)C2=[N+]1CCCS2. The highest BCUT2D eigenvalue weighted by Crippen LogP contribution is 2.37. The third-order valence-corrected chi connectivity index (χ3v) is 5.61. The molecule has 0 radical (unpaired) electrons. The number of thioether (sulfide) groups is 1. The average molecular weight is 329 g/mol. The number of hydrogen-bond donors (Lipinski definition) is 1. The lowest BCUT2D eigenvalue weighted by Crippen LogP contribution is -2.41. The van der Waals surface area contributed by atoms with Gasteiger partial charge in [0.2, 0.25) is 0 Å². The zero-order valence-corrected chi connectivity index (χ0v) is 13.5. The van der Waals surface area contributed by atoms with Gasteiger partial charge in [-0.15, -0.1) is 0 Å². The first-order chi connectivity index (χ1) is 11.2. The fraction of sp³-hybridized carbons (Fsp3) is 0.278. The van der Waals surface area contributed by atoms with E-state index in [0.717, 1.165) is 35.1 Å². The number of benzene rings is 2. The summed E-state index contributed by atoms with van der Waals surface area (Å²) in [6.45, 7) is 1.25. The molecule has 0 spiro atoms. The van der Waals surface area contributed by atoms with Crippen molar-refractivity contribution in [1.29, 1.82) is 0 Å². The average Bonchev–Trinajstić information content (AvgIpc) is 2.91. The van der Waals surface area contributed by atoms with Crippen molar-refractivity contribution in [2.75, 3.05) is 23.7 Å². The molecule has 5 heteroatoms. The summed E-state index contributed by atoms with van der Waals surface area (Å²) in [5.74, 6) is 0.766. The number of β-amino-alcohol motifs (C(OH)–C–C–N with tert-alkyl or cyclic N) is 1. The number of amidine groups is 1. The van der Waals surface area contributed by atoms with Crippen LogP contribution in [0.5, 0.6) is 0 Å². The van der Waals surface area contributed by atoms with E-state index in [1.165, 1.54) is 12.1 Å². The molecule has 2 aromatic rings. The van der Waals surface area contributed by atoms with Crippen molar-refractivity contribution in [3.63, 3.8) is 0 Å². The molecule has 4 rings (SSSR count).